The zero-order chi connectivity index (χ0) is 17.2. The molecule has 0 heterocycles. The number of hydrogen-bond donors (Lipinski definition) is 3. The molecule has 24 heavy (non-hydrogen) atoms. The average molecular weight is 324 g/mol. The van der Waals surface area contributed by atoms with Gasteiger partial charge in [0.15, 0.2) is 5.96 Å². The predicted octanol–water partition coefficient (Wildman–Crippen LogP) is 2.09. The van der Waals surface area contributed by atoms with Gasteiger partial charge in [0.1, 0.15) is 0 Å². The summed E-state index contributed by atoms with van der Waals surface area (Å²) < 4.78 is 0. The molecule has 5 heteroatoms. The molecule has 0 saturated heterocycles. The van der Waals surface area contributed by atoms with Crippen molar-refractivity contribution in [3.8, 4) is 0 Å². The van der Waals surface area contributed by atoms with Gasteiger partial charge >= 0.3 is 0 Å². The average Bonchev–Trinajstić information content (AvgIpc) is 2.61. The lowest BCUT2D eigenvalue weighted by Gasteiger charge is -2.12. The van der Waals surface area contributed by atoms with Crippen molar-refractivity contribution in [1.29, 1.82) is 0 Å². The van der Waals surface area contributed by atoms with Gasteiger partial charge < -0.3 is 16.0 Å². The van der Waals surface area contributed by atoms with Crippen LogP contribution in [-0.4, -0.2) is 32.0 Å². The molecule has 0 aliphatic carbocycles. The van der Waals surface area contributed by atoms with Crippen LogP contribution in [0.1, 0.15) is 21.5 Å². The van der Waals surface area contributed by atoms with Crippen LogP contribution in [0.15, 0.2) is 59.6 Å². The van der Waals surface area contributed by atoms with E-state index in [1.807, 2.05) is 24.3 Å². The summed E-state index contributed by atoms with van der Waals surface area (Å²) in [5.41, 5.74) is 3.11. The highest BCUT2D eigenvalue weighted by atomic mass is 16.1. The molecule has 2 aromatic carbocycles. The van der Waals surface area contributed by atoms with Crippen LogP contribution < -0.4 is 16.0 Å². The molecule has 0 atom stereocenters. The van der Waals surface area contributed by atoms with E-state index in [-0.39, 0.29) is 5.91 Å². The summed E-state index contributed by atoms with van der Waals surface area (Å²) >= 11 is 0. The molecule has 0 unspecified atom stereocenters. The van der Waals surface area contributed by atoms with E-state index in [1.54, 1.807) is 19.2 Å². The highest BCUT2D eigenvalue weighted by molar-refractivity contribution is 5.94. The summed E-state index contributed by atoms with van der Waals surface area (Å²) in [6, 6.07) is 17.5. The van der Waals surface area contributed by atoms with Crippen LogP contribution in [0.3, 0.4) is 0 Å². The first-order valence-electron chi connectivity index (χ1n) is 8.02. The van der Waals surface area contributed by atoms with Crippen LogP contribution in [0.4, 0.5) is 0 Å². The molecule has 0 aliphatic heterocycles. The van der Waals surface area contributed by atoms with Crippen LogP contribution in [0.2, 0.25) is 0 Å². The first-order chi connectivity index (χ1) is 11.7. The molecule has 0 saturated carbocycles. The molecule has 2 rings (SSSR count). The number of nitrogens with zero attached hydrogens (tertiary/aromatic N) is 1. The number of benzene rings is 2. The second-order valence-corrected chi connectivity index (χ2v) is 5.46. The number of aryl methyl sites for hydroxylation is 1. The van der Waals surface area contributed by atoms with Gasteiger partial charge in [-0.2, -0.15) is 0 Å². The fourth-order valence-corrected chi connectivity index (χ4v) is 2.28. The Kier molecular flexibility index (Phi) is 6.83. The topological polar surface area (TPSA) is 65.5 Å². The molecule has 0 aromatic heterocycles. The van der Waals surface area contributed by atoms with Crippen molar-refractivity contribution < 1.29 is 4.79 Å². The minimum Gasteiger partial charge on any atom is -0.355 e. The van der Waals surface area contributed by atoms with Gasteiger partial charge in [-0.25, -0.2) is 0 Å². The van der Waals surface area contributed by atoms with Gasteiger partial charge in [-0.1, -0.05) is 48.0 Å². The summed E-state index contributed by atoms with van der Waals surface area (Å²) in [7, 11) is 1.73. The zero-order valence-corrected chi connectivity index (χ0v) is 14.2. The summed E-state index contributed by atoms with van der Waals surface area (Å²) in [6.45, 7) is 3.91. The van der Waals surface area contributed by atoms with Crippen LogP contribution in [0.5, 0.6) is 0 Å². The van der Waals surface area contributed by atoms with Crippen molar-refractivity contribution in [1.82, 2.24) is 16.0 Å². The molecule has 0 bridgehead atoms. The molecule has 3 N–H and O–H groups in total. The van der Waals surface area contributed by atoms with Gasteiger partial charge in [-0.15, -0.1) is 0 Å². The molecular formula is C19H24N4O. The van der Waals surface area contributed by atoms with Crippen LogP contribution in [0.25, 0.3) is 0 Å². The number of carbonyl (C=O) groups is 1. The standard InChI is InChI=1S/C19H24N4O/c1-15-7-6-8-16(13-15)14-23-19(20-2)22-12-11-21-18(24)17-9-4-3-5-10-17/h3-10,13H,11-12,14H2,1-2H3,(H,21,24)(H2,20,22,23). The summed E-state index contributed by atoms with van der Waals surface area (Å²) in [6.07, 6.45) is 0. The Balaban J connectivity index is 1.69. The van der Waals surface area contributed by atoms with Crippen LogP contribution in [-0.2, 0) is 6.54 Å². The maximum absolute atomic E-state index is 11.9. The molecule has 2 aromatic rings. The highest BCUT2D eigenvalue weighted by Gasteiger charge is 2.03. The molecule has 0 fully saturated rings. The van der Waals surface area contributed by atoms with Crippen molar-refractivity contribution in [3.05, 3.63) is 71.3 Å². The van der Waals surface area contributed by atoms with Crippen LogP contribution >= 0.6 is 0 Å². The lowest BCUT2D eigenvalue weighted by Crippen LogP contribution is -2.41. The zero-order valence-electron chi connectivity index (χ0n) is 14.2. The van der Waals surface area contributed by atoms with Gasteiger partial charge in [0, 0.05) is 32.2 Å². The monoisotopic (exact) mass is 324 g/mol. The third kappa shape index (κ3) is 5.76. The maximum atomic E-state index is 11.9. The van der Waals surface area contributed by atoms with E-state index >= 15 is 0 Å². The Morgan fingerprint density at radius 1 is 0.958 bits per heavy atom. The Hall–Kier alpha value is -2.82. The van der Waals surface area contributed by atoms with E-state index in [0.717, 1.165) is 0 Å². The Bertz CT molecular complexity index is 683. The van der Waals surface area contributed by atoms with E-state index < -0.39 is 0 Å². The third-order valence-corrected chi connectivity index (χ3v) is 3.51. The minimum absolute atomic E-state index is 0.0693. The molecule has 1 amide bonds. The molecule has 5 nitrogen and oxygen atoms in total. The fraction of sp³-hybridized carbons (Fsp3) is 0.263. The predicted molar refractivity (Wildman–Crippen MR) is 98.2 cm³/mol. The number of amides is 1. The molecule has 0 aliphatic rings. The van der Waals surface area contributed by atoms with Gasteiger partial charge in [-0.05, 0) is 24.6 Å². The van der Waals surface area contributed by atoms with Gasteiger partial charge in [0.2, 0.25) is 0 Å². The molecular weight excluding hydrogens is 300 g/mol. The van der Waals surface area contributed by atoms with E-state index in [4.69, 9.17) is 0 Å². The Labute approximate surface area is 143 Å². The maximum Gasteiger partial charge on any atom is 0.251 e. The molecule has 0 spiro atoms. The second kappa shape index (κ2) is 9.35. The van der Waals surface area contributed by atoms with Crippen LogP contribution in [0, 0.1) is 6.92 Å². The number of hydrogen-bond acceptors (Lipinski definition) is 2. The summed E-state index contributed by atoms with van der Waals surface area (Å²) in [4.78, 5) is 16.1. The van der Waals surface area contributed by atoms with E-state index in [1.165, 1.54) is 11.1 Å². The molecule has 0 radical (unpaired) electrons. The van der Waals surface area contributed by atoms with E-state index in [9.17, 15) is 4.79 Å². The minimum atomic E-state index is -0.0693. The first kappa shape index (κ1) is 17.5. The van der Waals surface area contributed by atoms with Crippen molar-refractivity contribution in [2.24, 2.45) is 4.99 Å². The third-order valence-electron chi connectivity index (χ3n) is 3.51. The van der Waals surface area contributed by atoms with Crippen molar-refractivity contribution in [2.45, 2.75) is 13.5 Å². The Morgan fingerprint density at radius 2 is 1.71 bits per heavy atom. The lowest BCUT2D eigenvalue weighted by molar-refractivity contribution is 0.0954. The Morgan fingerprint density at radius 3 is 2.42 bits per heavy atom. The number of nitrogens with one attached hydrogen (secondary N) is 3. The smallest absolute Gasteiger partial charge is 0.251 e. The number of rotatable bonds is 6. The SMILES string of the molecule is CN=C(NCCNC(=O)c1ccccc1)NCc1cccc(C)c1. The fourth-order valence-electron chi connectivity index (χ4n) is 2.28. The number of aliphatic imine (C=N–C) groups is 1. The number of carbonyl (C=O) groups excluding carboxylic acids is 1. The van der Waals surface area contributed by atoms with Crippen molar-refractivity contribution in [3.63, 3.8) is 0 Å². The normalized spacial score (nSPS) is 11.0. The van der Waals surface area contributed by atoms with Gasteiger partial charge in [0.25, 0.3) is 5.91 Å². The lowest BCUT2D eigenvalue weighted by atomic mass is 10.1. The van der Waals surface area contributed by atoms with Crippen molar-refractivity contribution >= 4 is 11.9 Å². The van der Waals surface area contributed by atoms with E-state index in [0.29, 0.717) is 31.2 Å². The summed E-state index contributed by atoms with van der Waals surface area (Å²) in [5, 5.41) is 9.32. The summed E-state index contributed by atoms with van der Waals surface area (Å²) in [5.74, 6) is 0.644. The van der Waals surface area contributed by atoms with Crippen molar-refractivity contribution in [2.75, 3.05) is 20.1 Å². The second-order valence-electron chi connectivity index (χ2n) is 5.46. The molecule has 126 valence electrons. The first-order valence-corrected chi connectivity index (χ1v) is 8.02. The van der Waals surface area contributed by atoms with Gasteiger partial charge in [-0.3, -0.25) is 9.79 Å². The van der Waals surface area contributed by atoms with Gasteiger partial charge in [0.05, 0.1) is 0 Å². The highest BCUT2D eigenvalue weighted by Crippen LogP contribution is 2.03. The number of guanidine groups is 1. The largest absolute Gasteiger partial charge is 0.355 e. The quantitative estimate of drug-likeness (QED) is 0.433. The van der Waals surface area contributed by atoms with E-state index in [2.05, 4.69) is 46.1 Å².